The van der Waals surface area contributed by atoms with Gasteiger partial charge in [-0.05, 0) is 25.5 Å². The quantitative estimate of drug-likeness (QED) is 0.579. The van der Waals surface area contributed by atoms with Crippen molar-refractivity contribution in [2.24, 2.45) is 0 Å². The molecule has 1 aromatic heterocycles. The van der Waals surface area contributed by atoms with E-state index in [0.29, 0.717) is 19.6 Å². The lowest BCUT2D eigenvalue weighted by atomic mass is 10.3. The molecule has 0 saturated carbocycles. The second kappa shape index (κ2) is 7.26. The van der Waals surface area contributed by atoms with E-state index in [1.807, 2.05) is 0 Å². The summed E-state index contributed by atoms with van der Waals surface area (Å²) in [6.07, 6.45) is 2.16. The third-order valence-electron chi connectivity index (χ3n) is 2.15. The van der Waals surface area contributed by atoms with Crippen LogP contribution in [-0.2, 0) is 9.53 Å². The molecular weight excluding hydrogens is 236 g/mol. The Morgan fingerprint density at radius 3 is 2.94 bits per heavy atom. The number of ether oxygens (including phenoxy) is 1. The fourth-order valence-electron chi connectivity index (χ4n) is 1.32. The highest BCUT2D eigenvalue weighted by Gasteiger charge is 2.11. The zero-order chi connectivity index (χ0) is 13.4. The van der Waals surface area contributed by atoms with E-state index in [1.165, 1.54) is 18.3 Å². The first-order valence-corrected chi connectivity index (χ1v) is 5.73. The van der Waals surface area contributed by atoms with Gasteiger partial charge >= 0.3 is 5.97 Å². The van der Waals surface area contributed by atoms with Crippen LogP contribution in [0.1, 0.15) is 30.3 Å². The van der Waals surface area contributed by atoms with Gasteiger partial charge in [0.15, 0.2) is 5.69 Å². The third kappa shape index (κ3) is 4.40. The number of rotatable bonds is 6. The Bertz CT molecular complexity index is 420. The van der Waals surface area contributed by atoms with Crippen LogP contribution in [0, 0.1) is 0 Å². The van der Waals surface area contributed by atoms with Crippen molar-refractivity contribution < 1.29 is 19.4 Å². The second-order valence-electron chi connectivity index (χ2n) is 3.54. The van der Waals surface area contributed by atoms with Crippen molar-refractivity contribution in [2.75, 3.05) is 13.2 Å². The van der Waals surface area contributed by atoms with Crippen LogP contribution in [0.2, 0.25) is 0 Å². The summed E-state index contributed by atoms with van der Waals surface area (Å²) in [5, 5.41) is 12.0. The van der Waals surface area contributed by atoms with Crippen LogP contribution < -0.4 is 5.32 Å². The van der Waals surface area contributed by atoms with E-state index in [4.69, 9.17) is 4.74 Å². The molecule has 0 bridgehead atoms. The van der Waals surface area contributed by atoms with Gasteiger partial charge in [-0.25, -0.2) is 4.98 Å². The lowest BCUT2D eigenvalue weighted by molar-refractivity contribution is -0.143. The van der Waals surface area contributed by atoms with E-state index in [2.05, 4.69) is 10.3 Å². The smallest absolute Gasteiger partial charge is 0.305 e. The maximum Gasteiger partial charge on any atom is 0.305 e. The molecule has 6 heteroatoms. The number of nitrogens with zero attached hydrogens (tertiary/aromatic N) is 1. The molecule has 0 aliphatic carbocycles. The highest BCUT2D eigenvalue weighted by Crippen LogP contribution is 2.11. The Kier molecular flexibility index (Phi) is 5.63. The number of aromatic hydroxyl groups is 1. The predicted octanol–water partition coefficient (Wildman–Crippen LogP) is 0.860. The van der Waals surface area contributed by atoms with E-state index >= 15 is 0 Å². The summed E-state index contributed by atoms with van der Waals surface area (Å²) < 4.78 is 4.75. The molecule has 0 saturated heterocycles. The van der Waals surface area contributed by atoms with Crippen LogP contribution in [-0.4, -0.2) is 35.1 Å². The van der Waals surface area contributed by atoms with Gasteiger partial charge in [0.25, 0.3) is 5.91 Å². The van der Waals surface area contributed by atoms with Crippen molar-refractivity contribution in [1.82, 2.24) is 10.3 Å². The summed E-state index contributed by atoms with van der Waals surface area (Å²) in [4.78, 5) is 26.4. The number of hydrogen-bond donors (Lipinski definition) is 2. The molecule has 0 aliphatic rings. The number of amides is 1. The van der Waals surface area contributed by atoms with Gasteiger partial charge in [0.2, 0.25) is 0 Å². The first kappa shape index (κ1) is 14.0. The summed E-state index contributed by atoms with van der Waals surface area (Å²) in [6, 6.07) is 2.92. The molecule has 0 spiro atoms. The lowest BCUT2D eigenvalue weighted by Gasteiger charge is -2.05. The fourth-order valence-corrected chi connectivity index (χ4v) is 1.32. The van der Waals surface area contributed by atoms with Crippen LogP contribution in [0.15, 0.2) is 18.3 Å². The maximum atomic E-state index is 11.6. The number of carbonyl (C=O) groups excluding carboxylic acids is 2. The Hall–Kier alpha value is -2.11. The summed E-state index contributed by atoms with van der Waals surface area (Å²) >= 11 is 0. The van der Waals surface area contributed by atoms with Gasteiger partial charge in [-0.15, -0.1) is 0 Å². The molecule has 2 N–H and O–H groups in total. The van der Waals surface area contributed by atoms with Crippen LogP contribution >= 0.6 is 0 Å². The SMILES string of the molecule is CCOC(=O)CCCNC(=O)c1ncccc1O. The molecule has 1 rings (SSSR count). The van der Waals surface area contributed by atoms with Crippen LogP contribution in [0.5, 0.6) is 5.75 Å². The van der Waals surface area contributed by atoms with Crippen LogP contribution in [0.25, 0.3) is 0 Å². The Morgan fingerprint density at radius 2 is 2.28 bits per heavy atom. The Balaban J connectivity index is 2.30. The molecule has 6 nitrogen and oxygen atoms in total. The highest BCUT2D eigenvalue weighted by atomic mass is 16.5. The average molecular weight is 252 g/mol. The lowest BCUT2D eigenvalue weighted by Crippen LogP contribution is -2.26. The molecule has 1 aromatic rings. The minimum atomic E-state index is -0.461. The van der Waals surface area contributed by atoms with Gasteiger partial charge in [-0.2, -0.15) is 0 Å². The van der Waals surface area contributed by atoms with E-state index in [1.54, 1.807) is 6.92 Å². The van der Waals surface area contributed by atoms with E-state index in [0.717, 1.165) is 0 Å². The van der Waals surface area contributed by atoms with Crippen molar-refractivity contribution in [2.45, 2.75) is 19.8 Å². The second-order valence-corrected chi connectivity index (χ2v) is 3.54. The standard InChI is InChI=1S/C12H16N2O4/c1-2-18-10(16)6-4-8-14-12(17)11-9(15)5-3-7-13-11/h3,5,7,15H,2,4,6,8H2,1H3,(H,14,17). The molecule has 0 unspecified atom stereocenters. The predicted molar refractivity (Wildman–Crippen MR) is 64.1 cm³/mol. The molecular formula is C12H16N2O4. The Labute approximate surface area is 105 Å². The summed E-state index contributed by atoms with van der Waals surface area (Å²) in [5.74, 6) is -0.912. The minimum Gasteiger partial charge on any atom is -0.505 e. The molecule has 18 heavy (non-hydrogen) atoms. The molecule has 0 atom stereocenters. The molecule has 0 aliphatic heterocycles. The van der Waals surface area contributed by atoms with E-state index in [9.17, 15) is 14.7 Å². The van der Waals surface area contributed by atoms with Gasteiger partial charge in [-0.3, -0.25) is 9.59 Å². The van der Waals surface area contributed by atoms with Crippen LogP contribution in [0.4, 0.5) is 0 Å². The molecule has 98 valence electrons. The number of pyridine rings is 1. The zero-order valence-corrected chi connectivity index (χ0v) is 10.2. The first-order valence-electron chi connectivity index (χ1n) is 5.73. The summed E-state index contributed by atoms with van der Waals surface area (Å²) in [7, 11) is 0. The number of carbonyl (C=O) groups is 2. The van der Waals surface area contributed by atoms with Crippen molar-refractivity contribution in [3.05, 3.63) is 24.0 Å². The highest BCUT2D eigenvalue weighted by molar-refractivity contribution is 5.94. The van der Waals surface area contributed by atoms with Crippen molar-refractivity contribution in [1.29, 1.82) is 0 Å². The van der Waals surface area contributed by atoms with Gasteiger partial charge in [0.05, 0.1) is 6.61 Å². The number of hydrogen-bond acceptors (Lipinski definition) is 5. The molecule has 0 radical (unpaired) electrons. The summed E-state index contributed by atoms with van der Waals surface area (Å²) in [6.45, 7) is 2.42. The number of nitrogens with one attached hydrogen (secondary N) is 1. The normalized spacial score (nSPS) is 9.83. The van der Waals surface area contributed by atoms with Crippen molar-refractivity contribution in [3.63, 3.8) is 0 Å². The monoisotopic (exact) mass is 252 g/mol. The topological polar surface area (TPSA) is 88.5 Å². The molecule has 1 heterocycles. The van der Waals surface area contributed by atoms with Gasteiger partial charge in [-0.1, -0.05) is 0 Å². The Morgan fingerprint density at radius 1 is 1.50 bits per heavy atom. The summed E-state index contributed by atoms with van der Waals surface area (Å²) in [5.41, 5.74) is -0.0198. The maximum absolute atomic E-state index is 11.6. The number of aromatic nitrogens is 1. The van der Waals surface area contributed by atoms with Crippen molar-refractivity contribution >= 4 is 11.9 Å². The van der Waals surface area contributed by atoms with Crippen molar-refractivity contribution in [3.8, 4) is 5.75 Å². The largest absolute Gasteiger partial charge is 0.505 e. The first-order chi connectivity index (χ1) is 8.65. The van der Waals surface area contributed by atoms with Gasteiger partial charge in [0.1, 0.15) is 5.75 Å². The molecule has 0 fully saturated rings. The average Bonchev–Trinajstić information content (AvgIpc) is 2.35. The minimum absolute atomic E-state index is 0.0198. The zero-order valence-electron chi connectivity index (χ0n) is 10.2. The fraction of sp³-hybridized carbons (Fsp3) is 0.417. The van der Waals surface area contributed by atoms with E-state index in [-0.39, 0.29) is 23.8 Å². The van der Waals surface area contributed by atoms with Gasteiger partial charge in [0, 0.05) is 19.2 Å². The number of esters is 1. The van der Waals surface area contributed by atoms with E-state index < -0.39 is 5.91 Å². The van der Waals surface area contributed by atoms with Gasteiger partial charge < -0.3 is 15.2 Å². The molecule has 1 amide bonds. The van der Waals surface area contributed by atoms with Crippen LogP contribution in [0.3, 0.4) is 0 Å². The molecule has 0 aromatic carbocycles. The third-order valence-corrected chi connectivity index (χ3v) is 2.15.